The van der Waals surface area contributed by atoms with Gasteiger partial charge in [0.1, 0.15) is 0 Å². The molecule has 0 fully saturated rings. The van der Waals surface area contributed by atoms with E-state index in [-0.39, 0.29) is 5.91 Å². The molecular weight excluding hydrogens is 362 g/mol. The van der Waals surface area contributed by atoms with Gasteiger partial charge in [0.25, 0.3) is 5.91 Å². The van der Waals surface area contributed by atoms with Crippen LogP contribution in [0, 0.1) is 0 Å². The molecule has 27 heavy (non-hydrogen) atoms. The van der Waals surface area contributed by atoms with Crippen LogP contribution in [0.4, 0.5) is 5.69 Å². The number of carbonyl (C=O) groups excluding carboxylic acids is 1. The molecule has 1 amide bonds. The third kappa shape index (κ3) is 3.24. The lowest BCUT2D eigenvalue weighted by molar-refractivity contribution is 0.102. The van der Waals surface area contributed by atoms with Crippen molar-refractivity contribution in [2.24, 2.45) is 0 Å². The number of ether oxygens (including phenoxy) is 2. The van der Waals surface area contributed by atoms with Gasteiger partial charge < -0.3 is 14.8 Å². The number of carbonyl (C=O) groups is 1. The molecule has 0 unspecified atom stereocenters. The van der Waals surface area contributed by atoms with E-state index in [1.165, 1.54) is 0 Å². The second-order valence-corrected chi connectivity index (χ2v) is 6.66. The van der Waals surface area contributed by atoms with E-state index in [1.54, 1.807) is 43.8 Å². The molecule has 4 aromatic rings. The first-order valence-electron chi connectivity index (χ1n) is 8.24. The lowest BCUT2D eigenvalue weighted by Crippen LogP contribution is -2.13. The zero-order chi connectivity index (χ0) is 18.8. The molecule has 2 heterocycles. The summed E-state index contributed by atoms with van der Waals surface area (Å²) in [6.07, 6.45) is 3.91. The Labute approximate surface area is 160 Å². The largest absolute Gasteiger partial charge is 0.493 e. The maximum absolute atomic E-state index is 12.8. The van der Waals surface area contributed by atoms with E-state index in [0.717, 1.165) is 16.2 Å². The number of rotatable bonds is 5. The molecule has 2 aromatic heterocycles. The van der Waals surface area contributed by atoms with Gasteiger partial charge in [0, 0.05) is 28.9 Å². The van der Waals surface area contributed by atoms with Gasteiger partial charge in [-0.05, 0) is 24.3 Å². The van der Waals surface area contributed by atoms with Gasteiger partial charge in [-0.1, -0.05) is 18.2 Å². The van der Waals surface area contributed by atoms with Crippen LogP contribution in [0.15, 0.2) is 60.2 Å². The summed E-state index contributed by atoms with van der Waals surface area (Å²) in [5, 5.41) is 4.95. The summed E-state index contributed by atoms with van der Waals surface area (Å²) in [7, 11) is 3.10. The van der Waals surface area contributed by atoms with Gasteiger partial charge in [-0.15, -0.1) is 11.3 Å². The third-order valence-corrected chi connectivity index (χ3v) is 4.96. The molecule has 0 saturated heterocycles. The average molecular weight is 379 g/mol. The minimum atomic E-state index is -0.232. The van der Waals surface area contributed by atoms with Crippen molar-refractivity contribution in [2.45, 2.75) is 0 Å². The number of imidazole rings is 1. The monoisotopic (exact) mass is 379 g/mol. The Kier molecular flexibility index (Phi) is 4.52. The number of para-hydroxylation sites is 1. The van der Waals surface area contributed by atoms with Gasteiger partial charge >= 0.3 is 0 Å². The number of nitrogens with one attached hydrogen (secondary N) is 1. The quantitative estimate of drug-likeness (QED) is 0.560. The van der Waals surface area contributed by atoms with Crippen LogP contribution < -0.4 is 14.8 Å². The summed E-state index contributed by atoms with van der Waals surface area (Å²) in [4.78, 5) is 18.3. The van der Waals surface area contributed by atoms with E-state index in [4.69, 9.17) is 9.47 Å². The summed E-state index contributed by atoms with van der Waals surface area (Å²) >= 11 is 1.57. The minimum Gasteiger partial charge on any atom is -0.493 e. The average Bonchev–Trinajstić information content (AvgIpc) is 3.30. The van der Waals surface area contributed by atoms with Crippen molar-refractivity contribution in [3.8, 4) is 22.8 Å². The van der Waals surface area contributed by atoms with Crippen LogP contribution in [-0.2, 0) is 0 Å². The van der Waals surface area contributed by atoms with E-state index < -0.39 is 0 Å². The Morgan fingerprint density at radius 3 is 2.70 bits per heavy atom. The third-order valence-electron chi connectivity index (χ3n) is 4.19. The predicted octanol–water partition coefficient (Wildman–Crippen LogP) is 4.33. The Morgan fingerprint density at radius 2 is 1.93 bits per heavy atom. The lowest BCUT2D eigenvalue weighted by atomic mass is 10.1. The van der Waals surface area contributed by atoms with Crippen LogP contribution in [0.2, 0.25) is 0 Å². The molecule has 0 spiro atoms. The Bertz CT molecular complexity index is 1090. The van der Waals surface area contributed by atoms with Gasteiger partial charge in [-0.2, -0.15) is 0 Å². The van der Waals surface area contributed by atoms with Crippen molar-refractivity contribution in [3.05, 3.63) is 65.8 Å². The summed E-state index contributed by atoms with van der Waals surface area (Å²) < 4.78 is 12.5. The molecule has 6 nitrogen and oxygen atoms in total. The second kappa shape index (κ2) is 7.13. The highest BCUT2D eigenvalue weighted by molar-refractivity contribution is 7.15. The van der Waals surface area contributed by atoms with Crippen LogP contribution in [0.1, 0.15) is 10.4 Å². The summed E-state index contributed by atoms with van der Waals surface area (Å²) in [5.74, 6) is 0.852. The van der Waals surface area contributed by atoms with E-state index >= 15 is 0 Å². The number of hydrogen-bond acceptors (Lipinski definition) is 5. The van der Waals surface area contributed by atoms with Crippen LogP contribution in [-0.4, -0.2) is 29.5 Å². The molecular formula is C20H17N3O3S. The standard InChI is InChI=1S/C20H17N3O3S/c1-25-17-8-7-13(11-18(17)26-2)19(24)21-15-6-4-3-5-14(15)16-12-23-9-10-27-20(23)22-16/h3-12H,1-2H3,(H,21,24). The number of hydrogen-bond donors (Lipinski definition) is 1. The van der Waals surface area contributed by atoms with Gasteiger partial charge in [0.2, 0.25) is 0 Å². The zero-order valence-electron chi connectivity index (χ0n) is 14.8. The summed E-state index contributed by atoms with van der Waals surface area (Å²) in [5.41, 5.74) is 2.85. The Morgan fingerprint density at radius 1 is 1.11 bits per heavy atom. The second-order valence-electron chi connectivity index (χ2n) is 5.79. The first-order valence-corrected chi connectivity index (χ1v) is 9.12. The molecule has 0 radical (unpaired) electrons. The van der Waals surface area contributed by atoms with Crippen LogP contribution in [0.25, 0.3) is 16.2 Å². The molecule has 7 heteroatoms. The van der Waals surface area contributed by atoms with E-state index in [2.05, 4.69) is 10.3 Å². The van der Waals surface area contributed by atoms with E-state index in [0.29, 0.717) is 22.7 Å². The fourth-order valence-electron chi connectivity index (χ4n) is 2.84. The molecule has 0 aliphatic rings. The molecule has 0 saturated carbocycles. The van der Waals surface area contributed by atoms with Crippen molar-refractivity contribution < 1.29 is 14.3 Å². The smallest absolute Gasteiger partial charge is 0.255 e. The van der Waals surface area contributed by atoms with E-state index in [9.17, 15) is 4.79 Å². The van der Waals surface area contributed by atoms with Crippen LogP contribution in [0.5, 0.6) is 11.5 Å². The molecule has 0 atom stereocenters. The number of aromatic nitrogens is 2. The molecule has 136 valence electrons. The van der Waals surface area contributed by atoms with Crippen molar-refractivity contribution in [2.75, 3.05) is 19.5 Å². The Balaban J connectivity index is 1.65. The van der Waals surface area contributed by atoms with Crippen molar-refractivity contribution in [1.82, 2.24) is 9.38 Å². The molecule has 0 aliphatic heterocycles. The van der Waals surface area contributed by atoms with Crippen molar-refractivity contribution in [3.63, 3.8) is 0 Å². The van der Waals surface area contributed by atoms with Crippen molar-refractivity contribution in [1.29, 1.82) is 0 Å². The van der Waals surface area contributed by atoms with Gasteiger partial charge in [-0.25, -0.2) is 4.98 Å². The van der Waals surface area contributed by atoms with E-state index in [1.807, 2.05) is 46.4 Å². The number of anilines is 1. The summed E-state index contributed by atoms with van der Waals surface area (Å²) in [6, 6.07) is 12.7. The number of fused-ring (bicyclic) bond motifs is 1. The van der Waals surface area contributed by atoms with Gasteiger partial charge in [0.05, 0.1) is 25.6 Å². The first kappa shape index (κ1) is 17.1. The van der Waals surface area contributed by atoms with Crippen molar-refractivity contribution >= 4 is 27.9 Å². The highest BCUT2D eigenvalue weighted by atomic mass is 32.1. The number of nitrogens with zero attached hydrogens (tertiary/aromatic N) is 2. The van der Waals surface area contributed by atoms with Crippen LogP contribution >= 0.6 is 11.3 Å². The fraction of sp³-hybridized carbons (Fsp3) is 0.100. The highest BCUT2D eigenvalue weighted by Gasteiger charge is 2.15. The molecule has 1 N–H and O–H groups in total. The SMILES string of the molecule is COc1ccc(C(=O)Nc2ccccc2-c2cn3ccsc3n2)cc1OC. The fourth-order valence-corrected chi connectivity index (χ4v) is 3.54. The topological polar surface area (TPSA) is 64.9 Å². The van der Waals surface area contributed by atoms with Gasteiger partial charge in [0.15, 0.2) is 16.5 Å². The number of benzene rings is 2. The highest BCUT2D eigenvalue weighted by Crippen LogP contribution is 2.30. The first-order chi connectivity index (χ1) is 13.2. The minimum absolute atomic E-state index is 0.232. The maximum atomic E-state index is 12.8. The lowest BCUT2D eigenvalue weighted by Gasteiger charge is -2.12. The zero-order valence-corrected chi connectivity index (χ0v) is 15.6. The maximum Gasteiger partial charge on any atom is 0.255 e. The molecule has 0 aliphatic carbocycles. The molecule has 2 aromatic carbocycles. The normalized spacial score (nSPS) is 10.7. The molecule has 4 rings (SSSR count). The predicted molar refractivity (Wildman–Crippen MR) is 106 cm³/mol. The number of amides is 1. The summed E-state index contributed by atoms with van der Waals surface area (Å²) in [6.45, 7) is 0. The molecule has 0 bridgehead atoms. The van der Waals surface area contributed by atoms with Crippen LogP contribution in [0.3, 0.4) is 0 Å². The van der Waals surface area contributed by atoms with Gasteiger partial charge in [-0.3, -0.25) is 9.20 Å². The number of methoxy groups -OCH3 is 2. The Hall–Kier alpha value is -3.32. The number of thiazole rings is 1.